The van der Waals surface area contributed by atoms with Crippen LogP contribution in [-0.4, -0.2) is 52.0 Å². The van der Waals surface area contributed by atoms with Crippen LogP contribution in [0.4, 0.5) is 10.1 Å². The van der Waals surface area contributed by atoms with Gasteiger partial charge in [-0.2, -0.15) is 0 Å². The Kier molecular flexibility index (Phi) is 6.35. The van der Waals surface area contributed by atoms with E-state index in [0.717, 1.165) is 44.8 Å². The number of quaternary nitrogens is 1. The molecular formula is C19H26FN3O3+2. The van der Waals surface area contributed by atoms with Crippen LogP contribution in [0.25, 0.3) is 10.9 Å². The van der Waals surface area contributed by atoms with Crippen LogP contribution in [0.5, 0.6) is 0 Å². The summed E-state index contributed by atoms with van der Waals surface area (Å²) >= 11 is 0. The standard InChI is InChI=1S/C19H24FN3O3/c1-2-26-19(24)16-13-22-17-5-4-14(20)12-15(17)18(16)21-6-3-7-23-8-10-25-11-9-23/h4-5,12-13H,2-3,6-11H2,1H3,(H,21,22)/p+2. The van der Waals surface area contributed by atoms with E-state index < -0.39 is 5.97 Å². The fourth-order valence-electron chi connectivity index (χ4n) is 3.24. The lowest BCUT2D eigenvalue weighted by Gasteiger charge is -2.23. The first kappa shape index (κ1) is 18.5. The molecule has 0 radical (unpaired) electrons. The van der Waals surface area contributed by atoms with Gasteiger partial charge in [-0.15, -0.1) is 0 Å². The van der Waals surface area contributed by atoms with Gasteiger partial charge in [-0.05, 0) is 19.1 Å². The van der Waals surface area contributed by atoms with Gasteiger partial charge >= 0.3 is 5.97 Å². The van der Waals surface area contributed by atoms with E-state index >= 15 is 0 Å². The van der Waals surface area contributed by atoms with Crippen molar-refractivity contribution >= 4 is 22.6 Å². The maximum Gasteiger partial charge on any atom is 0.346 e. The van der Waals surface area contributed by atoms with Crippen molar-refractivity contribution in [3.63, 3.8) is 0 Å². The van der Waals surface area contributed by atoms with Crippen LogP contribution >= 0.6 is 0 Å². The summed E-state index contributed by atoms with van der Waals surface area (Å²) < 4.78 is 24.3. The molecule has 0 atom stereocenters. The Labute approximate surface area is 152 Å². The average Bonchev–Trinajstić information content (AvgIpc) is 2.66. The summed E-state index contributed by atoms with van der Waals surface area (Å²) in [5.41, 5.74) is 1.78. The number of hydrogen-bond donors (Lipinski definition) is 2. The zero-order valence-corrected chi connectivity index (χ0v) is 15.1. The number of carbonyl (C=O) groups is 1. The van der Waals surface area contributed by atoms with Gasteiger partial charge in [-0.3, -0.25) is 0 Å². The molecule has 140 valence electrons. The van der Waals surface area contributed by atoms with Gasteiger partial charge in [-0.1, -0.05) is 0 Å². The van der Waals surface area contributed by atoms with E-state index in [0.29, 0.717) is 29.8 Å². The minimum Gasteiger partial charge on any atom is -0.462 e. The normalized spacial score (nSPS) is 15.2. The number of anilines is 1. The molecule has 0 aliphatic carbocycles. The van der Waals surface area contributed by atoms with Crippen LogP contribution in [0, 0.1) is 5.82 Å². The summed E-state index contributed by atoms with van der Waals surface area (Å²) in [5.74, 6) is -0.760. The smallest absolute Gasteiger partial charge is 0.346 e. The van der Waals surface area contributed by atoms with Crippen LogP contribution in [0.3, 0.4) is 0 Å². The molecule has 1 aliphatic heterocycles. The Hall–Kier alpha value is -2.25. The maximum atomic E-state index is 13.8. The zero-order chi connectivity index (χ0) is 18.4. The van der Waals surface area contributed by atoms with Crippen LogP contribution in [-0.2, 0) is 9.47 Å². The van der Waals surface area contributed by atoms with Crippen molar-refractivity contribution in [3.8, 4) is 0 Å². The van der Waals surface area contributed by atoms with Crippen molar-refractivity contribution in [3.05, 3.63) is 35.8 Å². The number of pyridine rings is 1. The lowest BCUT2D eigenvalue weighted by atomic mass is 10.1. The number of fused-ring (bicyclic) bond motifs is 1. The quantitative estimate of drug-likeness (QED) is 0.561. The van der Waals surface area contributed by atoms with E-state index in [4.69, 9.17) is 9.47 Å². The van der Waals surface area contributed by atoms with E-state index in [2.05, 4.69) is 10.3 Å². The van der Waals surface area contributed by atoms with Gasteiger partial charge in [0.05, 0.1) is 37.4 Å². The molecule has 1 saturated heterocycles. The Balaban J connectivity index is 1.75. The van der Waals surface area contributed by atoms with Gasteiger partial charge in [-0.25, -0.2) is 14.2 Å². The van der Waals surface area contributed by atoms with Gasteiger partial charge in [0.15, 0.2) is 6.20 Å². The predicted octanol–water partition coefficient (Wildman–Crippen LogP) is 0.687. The molecule has 0 spiro atoms. The summed E-state index contributed by atoms with van der Waals surface area (Å²) in [6, 6.07) is 4.50. The Morgan fingerprint density at radius 3 is 2.96 bits per heavy atom. The molecule has 1 aliphatic rings. The lowest BCUT2D eigenvalue weighted by molar-refractivity contribution is -0.908. The molecule has 0 bridgehead atoms. The molecule has 3 N–H and O–H groups in total. The van der Waals surface area contributed by atoms with E-state index in [1.807, 2.05) is 0 Å². The third-order valence-electron chi connectivity index (χ3n) is 4.60. The van der Waals surface area contributed by atoms with Gasteiger partial charge in [0.1, 0.15) is 24.5 Å². The van der Waals surface area contributed by atoms with Crippen molar-refractivity contribution in [1.29, 1.82) is 0 Å². The molecule has 0 unspecified atom stereocenters. The highest BCUT2D eigenvalue weighted by Gasteiger charge is 2.21. The van der Waals surface area contributed by atoms with E-state index in [1.54, 1.807) is 19.2 Å². The molecular weight excluding hydrogens is 337 g/mol. The first-order valence-electron chi connectivity index (χ1n) is 9.15. The van der Waals surface area contributed by atoms with Gasteiger partial charge in [0.25, 0.3) is 0 Å². The van der Waals surface area contributed by atoms with E-state index in [-0.39, 0.29) is 5.82 Å². The molecule has 1 fully saturated rings. The molecule has 1 aromatic carbocycles. The van der Waals surface area contributed by atoms with Gasteiger partial charge < -0.3 is 19.7 Å². The zero-order valence-electron chi connectivity index (χ0n) is 15.1. The van der Waals surface area contributed by atoms with Crippen molar-refractivity contribution < 1.29 is 28.5 Å². The monoisotopic (exact) mass is 363 g/mol. The van der Waals surface area contributed by atoms with Crippen LogP contribution in [0.2, 0.25) is 0 Å². The summed E-state index contributed by atoms with van der Waals surface area (Å²) in [6.07, 6.45) is 2.57. The number of ether oxygens (including phenoxy) is 2. The van der Waals surface area contributed by atoms with Gasteiger partial charge in [0, 0.05) is 19.0 Å². The Morgan fingerprint density at radius 2 is 2.19 bits per heavy atom. The number of benzene rings is 1. The number of aromatic nitrogens is 1. The van der Waals surface area contributed by atoms with Crippen molar-refractivity contribution in [1.82, 2.24) is 0 Å². The molecule has 26 heavy (non-hydrogen) atoms. The molecule has 7 heteroatoms. The number of H-pyrrole nitrogens is 1. The van der Waals surface area contributed by atoms with E-state index in [1.165, 1.54) is 17.0 Å². The van der Waals surface area contributed by atoms with Crippen molar-refractivity contribution in [2.45, 2.75) is 13.3 Å². The molecule has 2 aromatic rings. The molecule has 2 heterocycles. The number of esters is 1. The Morgan fingerprint density at radius 1 is 1.38 bits per heavy atom. The minimum absolute atomic E-state index is 0.292. The summed E-state index contributed by atoms with van der Waals surface area (Å²) in [7, 11) is 0. The molecule has 1 aromatic heterocycles. The first-order chi connectivity index (χ1) is 12.7. The lowest BCUT2D eigenvalue weighted by Crippen LogP contribution is -3.14. The molecule has 3 rings (SSSR count). The summed E-state index contributed by atoms with van der Waals surface area (Å²) in [5, 5.41) is 3.98. The first-order valence-corrected chi connectivity index (χ1v) is 9.15. The second-order valence-corrected chi connectivity index (χ2v) is 6.38. The summed E-state index contributed by atoms with van der Waals surface area (Å²) in [6.45, 7) is 7.48. The molecule has 0 amide bonds. The maximum absolute atomic E-state index is 13.8. The largest absolute Gasteiger partial charge is 0.462 e. The third-order valence-corrected chi connectivity index (χ3v) is 4.60. The number of nitrogens with one attached hydrogen (secondary N) is 3. The number of rotatable bonds is 7. The van der Waals surface area contributed by atoms with Crippen LogP contribution < -0.4 is 15.2 Å². The van der Waals surface area contributed by atoms with Crippen molar-refractivity contribution in [2.24, 2.45) is 0 Å². The Bertz CT molecular complexity index is 763. The van der Waals surface area contributed by atoms with Crippen molar-refractivity contribution in [2.75, 3.05) is 51.3 Å². The second kappa shape index (κ2) is 8.91. The average molecular weight is 363 g/mol. The number of morpholine rings is 1. The fourth-order valence-corrected chi connectivity index (χ4v) is 3.24. The van der Waals surface area contributed by atoms with Crippen LogP contribution in [0.1, 0.15) is 23.7 Å². The number of hydrogen-bond acceptors (Lipinski definition) is 4. The highest BCUT2D eigenvalue weighted by Crippen LogP contribution is 2.25. The SMILES string of the molecule is CCOC(=O)c1c[nH+]c2ccc(F)cc2c1NCCC[NH+]1CCOCC1. The molecule has 6 nitrogen and oxygen atoms in total. The highest BCUT2D eigenvalue weighted by atomic mass is 19.1. The van der Waals surface area contributed by atoms with Crippen LogP contribution in [0.15, 0.2) is 24.4 Å². The summed E-state index contributed by atoms with van der Waals surface area (Å²) in [4.78, 5) is 16.9. The predicted molar refractivity (Wildman–Crippen MR) is 95.9 cm³/mol. The fraction of sp³-hybridized carbons (Fsp3) is 0.474. The number of halogens is 1. The number of carbonyl (C=O) groups excluding carboxylic acids is 1. The van der Waals surface area contributed by atoms with Gasteiger partial charge in [0.2, 0.25) is 5.52 Å². The van der Waals surface area contributed by atoms with E-state index in [9.17, 15) is 9.18 Å². The second-order valence-electron chi connectivity index (χ2n) is 6.38. The number of aromatic amines is 1. The topological polar surface area (TPSA) is 66.1 Å². The molecule has 0 saturated carbocycles. The highest BCUT2D eigenvalue weighted by molar-refractivity contribution is 6.03. The minimum atomic E-state index is -0.420. The third kappa shape index (κ3) is 4.47.